The first kappa shape index (κ1) is 12.2. The fourth-order valence-corrected chi connectivity index (χ4v) is 2.66. The summed E-state index contributed by atoms with van der Waals surface area (Å²) in [6.45, 7) is 6.00. The molecule has 4 nitrogen and oxygen atoms in total. The van der Waals surface area contributed by atoms with Crippen molar-refractivity contribution in [3.8, 4) is 0 Å². The standard InChI is InChI=1S/C14H15N3OS/c1-8-4-5-11-12(6-8)17(14(19)16-11)10(3)13-15-7-9(2)18-13/h4-7,10H,1-3H3,(H,16,19). The summed E-state index contributed by atoms with van der Waals surface area (Å²) in [7, 11) is 0. The van der Waals surface area contributed by atoms with Crippen molar-refractivity contribution in [2.45, 2.75) is 26.8 Å². The first-order valence-electron chi connectivity index (χ1n) is 6.19. The molecule has 0 fully saturated rings. The van der Waals surface area contributed by atoms with Crippen LogP contribution < -0.4 is 0 Å². The normalized spacial score (nSPS) is 13.0. The smallest absolute Gasteiger partial charge is 0.217 e. The molecule has 1 atom stereocenters. The Bertz CT molecular complexity index is 796. The lowest BCUT2D eigenvalue weighted by atomic mass is 10.2. The molecule has 3 aromatic rings. The molecule has 1 aromatic carbocycles. The third-order valence-corrected chi connectivity index (χ3v) is 3.56. The molecule has 1 N–H and O–H groups in total. The Morgan fingerprint density at radius 3 is 2.84 bits per heavy atom. The molecular weight excluding hydrogens is 258 g/mol. The highest BCUT2D eigenvalue weighted by Gasteiger charge is 2.17. The zero-order valence-corrected chi connectivity index (χ0v) is 11.9. The summed E-state index contributed by atoms with van der Waals surface area (Å²) in [5, 5.41) is 0. The van der Waals surface area contributed by atoms with Crippen molar-refractivity contribution in [2.75, 3.05) is 0 Å². The van der Waals surface area contributed by atoms with Crippen LogP contribution in [0.5, 0.6) is 0 Å². The zero-order valence-electron chi connectivity index (χ0n) is 11.1. The van der Waals surface area contributed by atoms with E-state index >= 15 is 0 Å². The number of nitrogens with zero attached hydrogens (tertiary/aromatic N) is 2. The van der Waals surface area contributed by atoms with Crippen molar-refractivity contribution in [1.29, 1.82) is 0 Å². The average Bonchev–Trinajstić information content (AvgIpc) is 2.91. The van der Waals surface area contributed by atoms with Crippen molar-refractivity contribution in [3.63, 3.8) is 0 Å². The predicted octanol–water partition coefficient (Wildman–Crippen LogP) is 3.91. The summed E-state index contributed by atoms with van der Waals surface area (Å²) < 4.78 is 8.34. The Morgan fingerprint density at radius 1 is 1.37 bits per heavy atom. The molecule has 0 radical (unpaired) electrons. The number of hydrogen-bond donors (Lipinski definition) is 1. The lowest BCUT2D eigenvalue weighted by molar-refractivity contribution is 0.417. The molecule has 1 unspecified atom stereocenters. The number of hydrogen-bond acceptors (Lipinski definition) is 3. The van der Waals surface area contributed by atoms with E-state index in [9.17, 15) is 0 Å². The maximum absolute atomic E-state index is 5.61. The van der Waals surface area contributed by atoms with Gasteiger partial charge >= 0.3 is 0 Å². The van der Waals surface area contributed by atoms with E-state index in [1.165, 1.54) is 5.56 Å². The van der Waals surface area contributed by atoms with Crippen molar-refractivity contribution in [2.24, 2.45) is 0 Å². The van der Waals surface area contributed by atoms with Gasteiger partial charge in [-0.1, -0.05) is 6.07 Å². The van der Waals surface area contributed by atoms with E-state index in [1.54, 1.807) is 6.20 Å². The molecule has 0 spiro atoms. The Balaban J connectivity index is 2.21. The van der Waals surface area contributed by atoms with Gasteiger partial charge in [0.1, 0.15) is 11.8 Å². The number of aromatic nitrogens is 3. The molecule has 2 aromatic heterocycles. The van der Waals surface area contributed by atoms with Crippen LogP contribution in [0.3, 0.4) is 0 Å². The lowest BCUT2D eigenvalue weighted by Gasteiger charge is -2.11. The van der Waals surface area contributed by atoms with E-state index in [-0.39, 0.29) is 6.04 Å². The molecule has 19 heavy (non-hydrogen) atoms. The average molecular weight is 273 g/mol. The Labute approximate surface area is 116 Å². The van der Waals surface area contributed by atoms with Crippen LogP contribution in [-0.2, 0) is 0 Å². The van der Waals surface area contributed by atoms with Crippen LogP contribution in [-0.4, -0.2) is 14.5 Å². The highest BCUT2D eigenvalue weighted by molar-refractivity contribution is 7.71. The molecule has 0 saturated carbocycles. The second-order valence-electron chi connectivity index (χ2n) is 4.81. The van der Waals surface area contributed by atoms with Crippen LogP contribution in [0.1, 0.15) is 30.2 Å². The number of oxazole rings is 1. The van der Waals surface area contributed by atoms with Crippen LogP contribution in [0.25, 0.3) is 11.0 Å². The van der Waals surface area contributed by atoms with E-state index in [0.717, 1.165) is 16.8 Å². The van der Waals surface area contributed by atoms with Gasteiger partial charge in [-0.2, -0.15) is 0 Å². The van der Waals surface area contributed by atoms with Gasteiger partial charge in [0.05, 0.1) is 17.2 Å². The fraction of sp³-hybridized carbons (Fsp3) is 0.286. The van der Waals surface area contributed by atoms with Crippen molar-refractivity contribution < 1.29 is 4.42 Å². The topological polar surface area (TPSA) is 46.8 Å². The Hall–Kier alpha value is -1.88. The summed E-state index contributed by atoms with van der Waals surface area (Å²) >= 11 is 5.42. The number of aryl methyl sites for hydroxylation is 2. The summed E-state index contributed by atoms with van der Waals surface area (Å²) in [5.74, 6) is 1.49. The highest BCUT2D eigenvalue weighted by atomic mass is 32.1. The number of benzene rings is 1. The van der Waals surface area contributed by atoms with Gasteiger partial charge in [0, 0.05) is 0 Å². The van der Waals surface area contributed by atoms with Crippen molar-refractivity contribution in [3.05, 3.63) is 46.4 Å². The second-order valence-corrected chi connectivity index (χ2v) is 5.19. The summed E-state index contributed by atoms with van der Waals surface area (Å²) in [6.07, 6.45) is 1.73. The maximum atomic E-state index is 5.61. The number of rotatable bonds is 2. The molecule has 5 heteroatoms. The summed E-state index contributed by atoms with van der Waals surface area (Å²) in [5.41, 5.74) is 3.31. The zero-order chi connectivity index (χ0) is 13.6. The van der Waals surface area contributed by atoms with Gasteiger partial charge in [-0.05, 0) is 50.7 Å². The molecule has 0 aliphatic rings. The molecule has 0 bridgehead atoms. The van der Waals surface area contributed by atoms with E-state index in [4.69, 9.17) is 16.6 Å². The first-order valence-corrected chi connectivity index (χ1v) is 6.60. The number of aromatic amines is 1. The van der Waals surface area contributed by atoms with Crippen molar-refractivity contribution >= 4 is 23.3 Å². The van der Waals surface area contributed by atoms with Gasteiger partial charge in [-0.25, -0.2) is 4.98 Å². The second kappa shape index (κ2) is 4.35. The van der Waals surface area contributed by atoms with Gasteiger partial charge in [0.15, 0.2) is 4.77 Å². The molecular formula is C14H15N3OS. The van der Waals surface area contributed by atoms with E-state index in [2.05, 4.69) is 29.0 Å². The third kappa shape index (κ3) is 2.00. The molecule has 0 amide bonds. The lowest BCUT2D eigenvalue weighted by Crippen LogP contribution is -2.07. The monoisotopic (exact) mass is 273 g/mol. The molecule has 0 aliphatic carbocycles. The van der Waals surface area contributed by atoms with E-state index in [1.807, 2.05) is 24.5 Å². The van der Waals surface area contributed by atoms with E-state index in [0.29, 0.717) is 10.7 Å². The molecule has 98 valence electrons. The summed E-state index contributed by atoms with van der Waals surface area (Å²) in [6, 6.07) is 6.20. The quantitative estimate of drug-likeness (QED) is 0.720. The van der Waals surface area contributed by atoms with E-state index < -0.39 is 0 Å². The number of fused-ring (bicyclic) bond motifs is 1. The largest absolute Gasteiger partial charge is 0.444 e. The first-order chi connectivity index (χ1) is 9.06. The van der Waals surface area contributed by atoms with Crippen LogP contribution in [0, 0.1) is 18.6 Å². The Morgan fingerprint density at radius 2 is 2.16 bits per heavy atom. The van der Waals surface area contributed by atoms with Crippen LogP contribution in [0.2, 0.25) is 0 Å². The van der Waals surface area contributed by atoms with Gasteiger partial charge in [0.25, 0.3) is 0 Å². The molecule has 0 saturated heterocycles. The van der Waals surface area contributed by atoms with Gasteiger partial charge in [-0.3, -0.25) is 0 Å². The SMILES string of the molecule is Cc1ccc2[nH]c(=S)n(C(C)c3ncc(C)o3)c2c1. The molecule has 0 aliphatic heterocycles. The third-order valence-electron chi connectivity index (χ3n) is 3.26. The molecule has 2 heterocycles. The number of imidazole rings is 1. The predicted molar refractivity (Wildman–Crippen MR) is 76.9 cm³/mol. The highest BCUT2D eigenvalue weighted by Crippen LogP contribution is 2.24. The maximum Gasteiger partial charge on any atom is 0.217 e. The Kier molecular flexibility index (Phi) is 2.78. The fourth-order valence-electron chi connectivity index (χ4n) is 2.29. The summed E-state index contributed by atoms with van der Waals surface area (Å²) in [4.78, 5) is 7.51. The van der Waals surface area contributed by atoms with Crippen LogP contribution in [0.15, 0.2) is 28.8 Å². The van der Waals surface area contributed by atoms with Gasteiger partial charge < -0.3 is 14.0 Å². The van der Waals surface area contributed by atoms with Crippen LogP contribution >= 0.6 is 12.2 Å². The number of H-pyrrole nitrogens is 1. The van der Waals surface area contributed by atoms with Crippen LogP contribution in [0.4, 0.5) is 0 Å². The van der Waals surface area contributed by atoms with Gasteiger partial charge in [-0.15, -0.1) is 0 Å². The minimum atomic E-state index is -0.0308. The minimum Gasteiger partial charge on any atom is -0.444 e. The molecule has 3 rings (SSSR count). The number of nitrogens with one attached hydrogen (secondary N) is 1. The van der Waals surface area contributed by atoms with Gasteiger partial charge in [0.2, 0.25) is 5.89 Å². The van der Waals surface area contributed by atoms with Crippen molar-refractivity contribution in [1.82, 2.24) is 14.5 Å². The minimum absolute atomic E-state index is 0.0308.